The number of aryl methyl sites for hydroxylation is 1. The number of amides is 1. The van der Waals surface area contributed by atoms with E-state index in [1.807, 2.05) is 0 Å². The summed E-state index contributed by atoms with van der Waals surface area (Å²) in [4.78, 5) is 11.8. The van der Waals surface area contributed by atoms with E-state index in [-0.39, 0.29) is 16.6 Å². The van der Waals surface area contributed by atoms with Gasteiger partial charge in [0, 0.05) is 24.2 Å². The lowest BCUT2D eigenvalue weighted by Crippen LogP contribution is -2.34. The van der Waals surface area contributed by atoms with Crippen LogP contribution in [0.4, 0.5) is 11.5 Å². The zero-order chi connectivity index (χ0) is 15.6. The minimum Gasteiger partial charge on any atom is -0.398 e. The van der Waals surface area contributed by atoms with Gasteiger partial charge in [-0.1, -0.05) is 5.16 Å². The minimum absolute atomic E-state index is 0.0904. The molecular weight excluding hydrogens is 316 g/mol. The molecule has 0 saturated carbocycles. The molecule has 10 heteroatoms. The summed E-state index contributed by atoms with van der Waals surface area (Å²) in [7, 11) is -2.41. The number of hydrogen-bond acceptors (Lipinski definition) is 7. The number of thiophene rings is 1. The van der Waals surface area contributed by atoms with Crippen molar-refractivity contribution < 1.29 is 17.7 Å². The first-order valence-corrected chi connectivity index (χ1v) is 8.14. The zero-order valence-electron chi connectivity index (χ0n) is 11.4. The van der Waals surface area contributed by atoms with Gasteiger partial charge in [0.1, 0.15) is 9.97 Å². The normalized spacial score (nSPS) is 11.8. The maximum absolute atomic E-state index is 12.2. The van der Waals surface area contributed by atoms with Crippen LogP contribution in [-0.2, 0) is 14.8 Å². The molecule has 0 aliphatic rings. The molecule has 0 atom stereocenters. The van der Waals surface area contributed by atoms with Crippen LogP contribution in [0.15, 0.2) is 26.2 Å². The molecule has 0 aliphatic heterocycles. The van der Waals surface area contributed by atoms with Crippen molar-refractivity contribution in [2.75, 3.05) is 24.6 Å². The molecule has 0 unspecified atom stereocenters. The first-order chi connectivity index (χ1) is 9.79. The van der Waals surface area contributed by atoms with Crippen molar-refractivity contribution in [1.82, 2.24) is 9.46 Å². The van der Waals surface area contributed by atoms with Gasteiger partial charge in [-0.25, -0.2) is 8.42 Å². The lowest BCUT2D eigenvalue weighted by atomic mass is 10.5. The number of carbonyl (C=O) groups is 1. The predicted molar refractivity (Wildman–Crippen MR) is 78.4 cm³/mol. The van der Waals surface area contributed by atoms with Crippen molar-refractivity contribution in [3.05, 3.63) is 23.3 Å². The molecule has 3 N–H and O–H groups in total. The SMILES string of the molecule is Cc1cc(NC(=O)CN(C)S(=O)(=O)c2cc(N)cs2)no1. The summed E-state index contributed by atoms with van der Waals surface area (Å²) in [5, 5.41) is 7.58. The first-order valence-electron chi connectivity index (χ1n) is 5.82. The van der Waals surface area contributed by atoms with Gasteiger partial charge in [0.15, 0.2) is 5.82 Å². The van der Waals surface area contributed by atoms with Gasteiger partial charge in [-0.3, -0.25) is 4.79 Å². The number of nitrogens with one attached hydrogen (secondary N) is 1. The molecule has 0 fully saturated rings. The van der Waals surface area contributed by atoms with Crippen LogP contribution >= 0.6 is 11.3 Å². The number of nitrogens with zero attached hydrogens (tertiary/aromatic N) is 2. The van der Waals surface area contributed by atoms with Crippen molar-refractivity contribution in [1.29, 1.82) is 0 Å². The number of rotatable bonds is 5. The largest absolute Gasteiger partial charge is 0.398 e. The lowest BCUT2D eigenvalue weighted by Gasteiger charge is -2.14. The van der Waals surface area contributed by atoms with Gasteiger partial charge in [0.25, 0.3) is 10.0 Å². The Kier molecular flexibility index (Phi) is 4.30. The van der Waals surface area contributed by atoms with E-state index in [1.54, 1.807) is 6.92 Å². The van der Waals surface area contributed by atoms with E-state index in [0.717, 1.165) is 15.6 Å². The smallest absolute Gasteiger partial charge is 0.252 e. The third-order valence-corrected chi connectivity index (χ3v) is 5.76. The monoisotopic (exact) mass is 330 g/mol. The Morgan fingerprint density at radius 3 is 2.76 bits per heavy atom. The fourth-order valence-corrected chi connectivity index (χ4v) is 3.93. The molecule has 0 spiro atoms. The van der Waals surface area contributed by atoms with Crippen LogP contribution in [0, 0.1) is 6.92 Å². The van der Waals surface area contributed by atoms with Gasteiger partial charge in [0.05, 0.1) is 6.54 Å². The standard InChI is InChI=1S/C11H14N4O4S2/c1-7-3-9(14-19-7)13-10(16)5-15(2)21(17,18)11-4-8(12)6-20-11/h3-4,6H,5,12H2,1-2H3,(H,13,14,16). The Hall–Kier alpha value is -1.91. The lowest BCUT2D eigenvalue weighted by molar-refractivity contribution is -0.116. The number of nitrogen functional groups attached to an aromatic ring is 1. The fraction of sp³-hybridized carbons (Fsp3) is 0.273. The van der Waals surface area contributed by atoms with Crippen LogP contribution in [-0.4, -0.2) is 37.4 Å². The van der Waals surface area contributed by atoms with Crippen molar-refractivity contribution in [3.8, 4) is 0 Å². The van der Waals surface area contributed by atoms with E-state index < -0.39 is 15.9 Å². The number of anilines is 2. The Morgan fingerprint density at radius 1 is 1.52 bits per heavy atom. The van der Waals surface area contributed by atoms with Crippen molar-refractivity contribution in [3.63, 3.8) is 0 Å². The van der Waals surface area contributed by atoms with Crippen molar-refractivity contribution in [2.24, 2.45) is 0 Å². The van der Waals surface area contributed by atoms with E-state index in [4.69, 9.17) is 10.3 Å². The van der Waals surface area contributed by atoms with Gasteiger partial charge in [-0.2, -0.15) is 4.31 Å². The third kappa shape index (κ3) is 3.60. The van der Waals surface area contributed by atoms with Crippen LogP contribution < -0.4 is 11.1 Å². The molecule has 2 aromatic rings. The first kappa shape index (κ1) is 15.5. The second-order valence-corrected chi connectivity index (χ2v) is 7.51. The Morgan fingerprint density at radius 2 is 2.24 bits per heavy atom. The van der Waals surface area contributed by atoms with E-state index in [9.17, 15) is 13.2 Å². The Labute approximate surface area is 125 Å². The van der Waals surface area contributed by atoms with Crippen LogP contribution in [0.3, 0.4) is 0 Å². The highest BCUT2D eigenvalue weighted by Crippen LogP contribution is 2.24. The predicted octanol–water partition coefficient (Wildman–Crippen LogP) is 0.886. The quantitative estimate of drug-likeness (QED) is 0.840. The Bertz CT molecular complexity index is 750. The average Bonchev–Trinajstić information content (AvgIpc) is 2.98. The number of sulfonamides is 1. The third-order valence-electron chi connectivity index (χ3n) is 2.52. The molecule has 0 saturated heterocycles. The summed E-state index contributed by atoms with van der Waals surface area (Å²) >= 11 is 1.01. The summed E-state index contributed by atoms with van der Waals surface area (Å²) in [5.41, 5.74) is 5.88. The van der Waals surface area contributed by atoms with Crippen LogP contribution in [0.25, 0.3) is 0 Å². The fourth-order valence-electron chi connectivity index (χ4n) is 1.51. The number of nitrogens with two attached hydrogens (primary N) is 1. The average molecular weight is 330 g/mol. The molecule has 2 aromatic heterocycles. The highest BCUT2D eigenvalue weighted by atomic mass is 32.2. The molecule has 2 rings (SSSR count). The number of likely N-dealkylation sites (N-methyl/N-ethyl adjacent to an activating group) is 1. The number of aromatic nitrogens is 1. The van der Waals surface area contributed by atoms with Crippen molar-refractivity contribution >= 4 is 38.8 Å². The molecular formula is C11H14N4O4S2. The molecule has 2 heterocycles. The molecule has 0 aromatic carbocycles. The second kappa shape index (κ2) is 5.84. The molecule has 0 aliphatic carbocycles. The molecule has 1 amide bonds. The summed E-state index contributed by atoms with van der Waals surface area (Å²) in [6.07, 6.45) is 0. The molecule has 0 radical (unpaired) electrons. The molecule has 21 heavy (non-hydrogen) atoms. The maximum Gasteiger partial charge on any atom is 0.252 e. The van der Waals surface area contributed by atoms with Gasteiger partial charge in [-0.05, 0) is 13.0 Å². The van der Waals surface area contributed by atoms with Crippen molar-refractivity contribution in [2.45, 2.75) is 11.1 Å². The molecule has 114 valence electrons. The van der Waals surface area contributed by atoms with Crippen LogP contribution in [0.1, 0.15) is 5.76 Å². The van der Waals surface area contributed by atoms with Gasteiger partial charge in [0.2, 0.25) is 5.91 Å². The highest BCUT2D eigenvalue weighted by Gasteiger charge is 2.24. The summed E-state index contributed by atoms with van der Waals surface area (Å²) < 4.78 is 30.2. The van der Waals surface area contributed by atoms with Gasteiger partial charge in [-0.15, -0.1) is 11.3 Å². The summed E-state index contributed by atoms with van der Waals surface area (Å²) in [6, 6.07) is 2.89. The minimum atomic E-state index is -3.73. The van der Waals surface area contributed by atoms with Crippen LogP contribution in [0.5, 0.6) is 0 Å². The summed E-state index contributed by atoms with van der Waals surface area (Å²) in [6.45, 7) is 1.34. The van der Waals surface area contributed by atoms with Crippen LogP contribution in [0.2, 0.25) is 0 Å². The summed E-state index contributed by atoms with van der Waals surface area (Å²) in [5.74, 6) is 0.267. The molecule has 8 nitrogen and oxygen atoms in total. The molecule has 0 bridgehead atoms. The topological polar surface area (TPSA) is 119 Å². The maximum atomic E-state index is 12.2. The van der Waals surface area contributed by atoms with Gasteiger partial charge >= 0.3 is 0 Å². The second-order valence-electron chi connectivity index (χ2n) is 4.33. The van der Waals surface area contributed by atoms with Gasteiger partial charge < -0.3 is 15.6 Å². The highest BCUT2D eigenvalue weighted by molar-refractivity contribution is 7.91. The van der Waals surface area contributed by atoms with E-state index in [0.29, 0.717) is 11.4 Å². The number of hydrogen-bond donors (Lipinski definition) is 2. The van der Waals surface area contributed by atoms with E-state index >= 15 is 0 Å². The Balaban J connectivity index is 2.03. The van der Waals surface area contributed by atoms with E-state index in [1.165, 1.54) is 24.6 Å². The number of carbonyl (C=O) groups excluding carboxylic acids is 1. The van der Waals surface area contributed by atoms with E-state index in [2.05, 4.69) is 10.5 Å². The zero-order valence-corrected chi connectivity index (χ0v) is 13.0.